The summed E-state index contributed by atoms with van der Waals surface area (Å²) in [4.78, 5) is 7.62. The Kier molecular flexibility index (Phi) is 4.57. The van der Waals surface area contributed by atoms with Crippen LogP contribution in [-0.4, -0.2) is 9.97 Å². The average Bonchev–Trinajstić information content (AvgIpc) is 2.27. The molecule has 0 aliphatic rings. The molecule has 0 aliphatic carbocycles. The molecule has 0 saturated heterocycles. The first-order valence-electron chi connectivity index (χ1n) is 2.95. The minimum absolute atomic E-state index is 0. The van der Waals surface area contributed by atoms with Gasteiger partial charge in [-0.2, -0.15) is 0 Å². The second-order valence-corrected chi connectivity index (χ2v) is 2.06. The second kappa shape index (κ2) is 4.68. The molecule has 0 aromatic carbocycles. The summed E-state index contributed by atoms with van der Waals surface area (Å²) in [5.74, 6) is 0.840. The molecular weight excluding hydrogens is 229 g/mol. The van der Waals surface area contributed by atoms with Gasteiger partial charge in [0.05, 0.1) is 0 Å². The maximum Gasteiger partial charge on any atom is 0.133 e. The zero-order valence-corrected chi connectivity index (χ0v) is 9.87. The summed E-state index contributed by atoms with van der Waals surface area (Å²) in [5.41, 5.74) is 0.604. The molecule has 2 aromatic heterocycles. The molecule has 0 unspecified atom stereocenters. The number of aryl methyl sites for hydroxylation is 1. The number of nitrogens with zero attached hydrogens (tertiary/aromatic N) is 2. The van der Waals surface area contributed by atoms with E-state index in [-0.39, 0.29) is 40.1 Å². The van der Waals surface area contributed by atoms with Crippen LogP contribution in [0.1, 0.15) is 5.76 Å². The molecule has 2 heterocycles. The van der Waals surface area contributed by atoms with Gasteiger partial charge in [-0.3, -0.25) is 0 Å². The third-order valence-corrected chi connectivity index (χ3v) is 1.25. The van der Waals surface area contributed by atoms with Crippen LogP contribution in [0.4, 0.5) is 0 Å². The molecule has 0 atom stereocenters. The van der Waals surface area contributed by atoms with E-state index < -0.39 is 0 Å². The summed E-state index contributed by atoms with van der Waals surface area (Å²) in [6, 6.07) is 1.86. The zero-order valence-electron chi connectivity index (χ0n) is 7.03. The van der Waals surface area contributed by atoms with Crippen LogP contribution < -0.4 is 0 Å². The van der Waals surface area contributed by atoms with E-state index in [1.807, 2.05) is 13.0 Å². The van der Waals surface area contributed by atoms with E-state index in [9.17, 15) is 0 Å². The third-order valence-electron chi connectivity index (χ3n) is 1.25. The van der Waals surface area contributed by atoms with E-state index in [2.05, 4.69) is 16.2 Å². The fourth-order valence-corrected chi connectivity index (χ4v) is 0.858. The van der Waals surface area contributed by atoms with Gasteiger partial charge >= 0.3 is 0 Å². The number of hydrogen-bond acceptors (Lipinski definition) is 3. The maximum atomic E-state index is 5.19. The Hall–Kier alpha value is -0.276. The van der Waals surface area contributed by atoms with E-state index in [1.165, 1.54) is 6.33 Å². The fraction of sp³-hybridized carbons (Fsp3) is 0.125. The predicted molar refractivity (Wildman–Crippen MR) is 41.8 cm³/mol. The molecule has 3 nitrogen and oxygen atoms in total. The van der Waals surface area contributed by atoms with Crippen molar-refractivity contribution >= 4 is 11.1 Å². The predicted octanol–water partition coefficient (Wildman–Crippen LogP) is 1.78. The van der Waals surface area contributed by atoms with Gasteiger partial charge in [-0.05, 0) is 13.1 Å². The molecule has 2 aromatic rings. The Morgan fingerprint density at radius 3 is 2.92 bits per heavy atom. The number of rotatable bonds is 0. The number of furan rings is 1. The Bertz CT molecular complexity index is 326. The molecule has 1 radical (unpaired) electrons. The number of fused-ring (bicyclic) bond motifs is 1. The Balaban J connectivity index is 0.000000605. The van der Waals surface area contributed by atoms with E-state index in [0.717, 1.165) is 11.1 Å². The van der Waals surface area contributed by atoms with Crippen LogP contribution in [0.3, 0.4) is 0 Å². The molecule has 12 heavy (non-hydrogen) atoms. The first kappa shape index (κ1) is 11.7. The van der Waals surface area contributed by atoms with Crippen LogP contribution in [0.5, 0.6) is 0 Å². The fourth-order valence-electron chi connectivity index (χ4n) is 0.858. The standard InChI is InChI=1S/C7H5N2O.CH3.Y/c1-5-2-6-3-8-4-9-7(6)10-5;;/h2,4H,1H3;1H3;/q2*-1;. The molecule has 0 saturated carbocycles. The summed E-state index contributed by atoms with van der Waals surface area (Å²) in [6.07, 6.45) is 4.19. The Labute approximate surface area is 96.5 Å². The van der Waals surface area contributed by atoms with Crippen LogP contribution in [0.2, 0.25) is 0 Å². The maximum absolute atomic E-state index is 5.19. The summed E-state index contributed by atoms with van der Waals surface area (Å²) < 4.78 is 5.19. The zero-order chi connectivity index (χ0) is 6.97. The van der Waals surface area contributed by atoms with Crippen molar-refractivity contribution in [3.8, 4) is 0 Å². The Morgan fingerprint density at radius 2 is 2.25 bits per heavy atom. The van der Waals surface area contributed by atoms with Gasteiger partial charge in [0, 0.05) is 44.8 Å². The summed E-state index contributed by atoms with van der Waals surface area (Å²) in [7, 11) is 0. The van der Waals surface area contributed by atoms with Gasteiger partial charge in [0.25, 0.3) is 0 Å². The molecule has 0 bridgehead atoms. The molecule has 61 valence electrons. The van der Waals surface area contributed by atoms with Crippen LogP contribution >= 0.6 is 0 Å². The average molecular weight is 237 g/mol. The Morgan fingerprint density at radius 1 is 1.50 bits per heavy atom. The topological polar surface area (TPSA) is 38.9 Å². The first-order valence-corrected chi connectivity index (χ1v) is 2.95. The summed E-state index contributed by atoms with van der Waals surface area (Å²) in [5, 5.41) is 0.833. The number of aromatic nitrogens is 2. The van der Waals surface area contributed by atoms with Crippen LogP contribution in [-0.2, 0) is 32.7 Å². The smallest absolute Gasteiger partial charge is 0.133 e. The molecule has 0 spiro atoms. The van der Waals surface area contributed by atoms with Crippen molar-refractivity contribution in [3.05, 3.63) is 31.8 Å². The van der Waals surface area contributed by atoms with Crippen molar-refractivity contribution in [2.24, 2.45) is 0 Å². The van der Waals surface area contributed by atoms with Crippen LogP contribution in [0, 0.1) is 20.5 Å². The van der Waals surface area contributed by atoms with Gasteiger partial charge in [0.15, 0.2) is 0 Å². The molecule has 0 N–H and O–H groups in total. The van der Waals surface area contributed by atoms with Gasteiger partial charge < -0.3 is 21.8 Å². The van der Waals surface area contributed by atoms with Gasteiger partial charge in [-0.25, -0.2) is 0 Å². The summed E-state index contributed by atoms with van der Waals surface area (Å²) >= 11 is 0. The van der Waals surface area contributed by atoms with Crippen LogP contribution in [0.25, 0.3) is 11.1 Å². The summed E-state index contributed by atoms with van der Waals surface area (Å²) in [6.45, 7) is 1.87. The van der Waals surface area contributed by atoms with Crippen molar-refractivity contribution in [1.82, 2.24) is 9.97 Å². The molecular formula is C8H8N2OY-2. The quantitative estimate of drug-likeness (QED) is 0.655. The van der Waals surface area contributed by atoms with Gasteiger partial charge in [0.2, 0.25) is 0 Å². The van der Waals surface area contributed by atoms with Gasteiger partial charge in [-0.1, -0.05) is 11.5 Å². The minimum Gasteiger partial charge on any atom is -0.498 e. The molecule has 2 rings (SSSR count). The molecule has 0 aliphatic heterocycles. The van der Waals surface area contributed by atoms with Crippen molar-refractivity contribution in [3.63, 3.8) is 0 Å². The first-order chi connectivity index (χ1) is 4.86. The molecule has 0 fully saturated rings. The second-order valence-electron chi connectivity index (χ2n) is 2.06. The molecule has 0 amide bonds. The van der Waals surface area contributed by atoms with E-state index in [4.69, 9.17) is 4.42 Å². The minimum atomic E-state index is 0. The number of hydrogen-bond donors (Lipinski definition) is 0. The molecule has 4 heteroatoms. The third kappa shape index (κ3) is 2.11. The largest absolute Gasteiger partial charge is 0.498 e. The van der Waals surface area contributed by atoms with Gasteiger partial charge in [-0.15, -0.1) is 0 Å². The van der Waals surface area contributed by atoms with Crippen molar-refractivity contribution in [2.45, 2.75) is 6.92 Å². The van der Waals surface area contributed by atoms with Crippen molar-refractivity contribution in [2.75, 3.05) is 0 Å². The van der Waals surface area contributed by atoms with Crippen molar-refractivity contribution in [1.29, 1.82) is 0 Å². The SMILES string of the molecule is Cc1cc2[c-]ncnc2o1.[CH3-].[Y]. The van der Waals surface area contributed by atoms with E-state index in [0.29, 0.717) is 5.71 Å². The van der Waals surface area contributed by atoms with Crippen molar-refractivity contribution < 1.29 is 37.1 Å². The monoisotopic (exact) mass is 237 g/mol. The van der Waals surface area contributed by atoms with Gasteiger partial charge in [0.1, 0.15) is 5.71 Å². The normalized spacial score (nSPS) is 8.75. The van der Waals surface area contributed by atoms with E-state index in [1.54, 1.807) is 0 Å². The van der Waals surface area contributed by atoms with E-state index >= 15 is 0 Å². The van der Waals surface area contributed by atoms with Crippen LogP contribution in [0.15, 0.2) is 16.8 Å².